The summed E-state index contributed by atoms with van der Waals surface area (Å²) in [5.74, 6) is -0.208. The summed E-state index contributed by atoms with van der Waals surface area (Å²) in [5, 5.41) is 9.25. The van der Waals surface area contributed by atoms with Crippen molar-refractivity contribution in [3.63, 3.8) is 0 Å². The first-order valence-corrected chi connectivity index (χ1v) is 7.86. The molecule has 0 atom stereocenters. The number of carbonyl (C=O) groups is 1. The second-order valence-electron chi connectivity index (χ2n) is 5.36. The number of fused-ring (bicyclic) bond motifs is 1. The van der Waals surface area contributed by atoms with Crippen molar-refractivity contribution < 1.29 is 4.79 Å². The number of amides is 1. The van der Waals surface area contributed by atoms with Crippen molar-refractivity contribution in [1.82, 2.24) is 19.6 Å². The first-order chi connectivity index (χ1) is 11.1. The Morgan fingerprint density at radius 2 is 2.13 bits per heavy atom. The molecule has 0 fully saturated rings. The predicted molar refractivity (Wildman–Crippen MR) is 90.2 cm³/mol. The van der Waals surface area contributed by atoms with Crippen LogP contribution in [0.25, 0.3) is 17.0 Å². The van der Waals surface area contributed by atoms with Gasteiger partial charge in [0.2, 0.25) is 0 Å². The number of hydrogen-bond acceptors (Lipinski definition) is 5. The van der Waals surface area contributed by atoms with Gasteiger partial charge in [-0.05, 0) is 30.6 Å². The van der Waals surface area contributed by atoms with Crippen LogP contribution in [0, 0.1) is 6.92 Å². The van der Waals surface area contributed by atoms with Gasteiger partial charge in [-0.25, -0.2) is 5.43 Å². The van der Waals surface area contributed by atoms with Crippen LogP contribution in [0.4, 0.5) is 0 Å². The van der Waals surface area contributed by atoms with Gasteiger partial charge in [0, 0.05) is 29.7 Å². The molecule has 0 saturated carbocycles. The summed E-state index contributed by atoms with van der Waals surface area (Å²) in [4.78, 5) is 13.0. The number of nitrogens with zero attached hydrogens (tertiary/aromatic N) is 4. The Bertz CT molecular complexity index is 995. The zero-order chi connectivity index (χ0) is 16.0. The highest BCUT2D eigenvalue weighted by Crippen LogP contribution is 2.26. The van der Waals surface area contributed by atoms with Gasteiger partial charge in [-0.3, -0.25) is 4.79 Å². The fourth-order valence-electron chi connectivity index (χ4n) is 2.73. The lowest BCUT2D eigenvalue weighted by atomic mass is 10.0. The summed E-state index contributed by atoms with van der Waals surface area (Å²) in [5.41, 5.74) is 6.55. The molecule has 6 nitrogen and oxygen atoms in total. The number of benzene rings is 1. The summed E-state index contributed by atoms with van der Waals surface area (Å²) >= 11 is 1.24. The monoisotopic (exact) mass is 323 g/mol. The van der Waals surface area contributed by atoms with Crippen LogP contribution in [0.3, 0.4) is 0 Å². The maximum atomic E-state index is 12.2. The Morgan fingerprint density at radius 3 is 2.91 bits per heavy atom. The van der Waals surface area contributed by atoms with Gasteiger partial charge in [0.1, 0.15) is 5.71 Å². The first-order valence-electron chi connectivity index (χ1n) is 7.08. The van der Waals surface area contributed by atoms with Crippen LogP contribution >= 0.6 is 11.5 Å². The highest BCUT2D eigenvalue weighted by Gasteiger charge is 2.27. The summed E-state index contributed by atoms with van der Waals surface area (Å²) in [7, 11) is 1.99. The van der Waals surface area contributed by atoms with E-state index in [0.29, 0.717) is 11.3 Å². The van der Waals surface area contributed by atoms with Crippen LogP contribution < -0.4 is 5.43 Å². The van der Waals surface area contributed by atoms with E-state index in [2.05, 4.69) is 26.2 Å². The Hall–Kier alpha value is -2.80. The number of hydrogen-bond donors (Lipinski definition) is 1. The van der Waals surface area contributed by atoms with Crippen LogP contribution in [-0.4, -0.2) is 25.8 Å². The number of aromatic nitrogens is 3. The molecule has 0 spiro atoms. The summed E-state index contributed by atoms with van der Waals surface area (Å²) < 4.78 is 5.97. The second-order valence-corrected chi connectivity index (χ2v) is 6.11. The average molecular weight is 323 g/mol. The Labute approximate surface area is 136 Å². The molecule has 1 aliphatic rings. The molecule has 1 aromatic carbocycles. The van der Waals surface area contributed by atoms with Crippen molar-refractivity contribution >= 4 is 40.1 Å². The normalized spacial score (nSPS) is 16.2. The minimum absolute atomic E-state index is 0.208. The van der Waals surface area contributed by atoms with E-state index in [4.69, 9.17) is 0 Å². The van der Waals surface area contributed by atoms with Crippen molar-refractivity contribution in [2.75, 3.05) is 0 Å². The standard InChI is InChI=1S/C16H13N5OS/c1-9-15(23-20-17-9)14-12(16(22)19-18-14)7-10-8-21(2)13-6-4-3-5-11(10)13/h3-8H,1-2H3,(H,19,22)/b12-7-. The van der Waals surface area contributed by atoms with Crippen LogP contribution in [0.15, 0.2) is 41.1 Å². The Kier molecular flexibility index (Phi) is 3.09. The molecule has 0 bridgehead atoms. The highest BCUT2D eigenvalue weighted by atomic mass is 32.1. The zero-order valence-corrected chi connectivity index (χ0v) is 13.4. The topological polar surface area (TPSA) is 72.2 Å². The van der Waals surface area contributed by atoms with Gasteiger partial charge in [-0.1, -0.05) is 22.7 Å². The van der Waals surface area contributed by atoms with E-state index in [0.717, 1.165) is 27.0 Å². The molecule has 3 heterocycles. The summed E-state index contributed by atoms with van der Waals surface area (Å²) in [6.45, 7) is 1.86. The zero-order valence-electron chi connectivity index (χ0n) is 12.6. The molecule has 23 heavy (non-hydrogen) atoms. The van der Waals surface area contributed by atoms with E-state index in [-0.39, 0.29) is 5.91 Å². The summed E-state index contributed by atoms with van der Waals surface area (Å²) in [6.07, 6.45) is 3.89. The third kappa shape index (κ3) is 2.17. The maximum absolute atomic E-state index is 12.2. The fraction of sp³-hybridized carbons (Fsp3) is 0.125. The molecule has 0 aliphatic carbocycles. The van der Waals surface area contributed by atoms with Crippen LogP contribution in [0.2, 0.25) is 0 Å². The van der Waals surface area contributed by atoms with Gasteiger partial charge in [-0.2, -0.15) is 5.10 Å². The van der Waals surface area contributed by atoms with Gasteiger partial charge in [0.25, 0.3) is 5.91 Å². The van der Waals surface area contributed by atoms with E-state index >= 15 is 0 Å². The van der Waals surface area contributed by atoms with Gasteiger partial charge < -0.3 is 4.57 Å². The smallest absolute Gasteiger partial charge is 0.273 e. The third-order valence-electron chi connectivity index (χ3n) is 3.86. The summed E-state index contributed by atoms with van der Waals surface area (Å²) in [6, 6.07) is 8.09. The molecule has 114 valence electrons. The molecular formula is C16H13N5OS. The van der Waals surface area contributed by atoms with Crippen LogP contribution in [-0.2, 0) is 11.8 Å². The number of hydrazone groups is 1. The maximum Gasteiger partial charge on any atom is 0.273 e. The number of nitrogens with one attached hydrogen (secondary N) is 1. The SMILES string of the molecule is Cc1nnsc1C1=NNC(=O)/C1=C\c1cn(C)c2ccccc12. The number of aryl methyl sites for hydroxylation is 2. The second kappa shape index (κ2) is 5.13. The van der Waals surface area contributed by atoms with E-state index in [1.54, 1.807) is 0 Å². The molecular weight excluding hydrogens is 310 g/mol. The fourth-order valence-corrected chi connectivity index (χ4v) is 3.39. The molecule has 3 aromatic rings. The lowest BCUT2D eigenvalue weighted by molar-refractivity contribution is -0.116. The number of carbonyl (C=O) groups excluding carboxylic acids is 1. The third-order valence-corrected chi connectivity index (χ3v) is 4.70. The Morgan fingerprint density at radius 1 is 1.30 bits per heavy atom. The molecule has 2 aromatic heterocycles. The van der Waals surface area contributed by atoms with Gasteiger partial charge in [0.15, 0.2) is 0 Å². The first kappa shape index (κ1) is 13.8. The molecule has 1 aliphatic heterocycles. The molecule has 0 radical (unpaired) electrons. The largest absolute Gasteiger partial charge is 0.350 e. The molecule has 1 amide bonds. The predicted octanol–water partition coefficient (Wildman–Crippen LogP) is 2.26. The van der Waals surface area contributed by atoms with Crippen molar-refractivity contribution in [2.45, 2.75) is 6.92 Å². The molecule has 0 saturated heterocycles. The van der Waals surface area contributed by atoms with Crippen LogP contribution in [0.5, 0.6) is 0 Å². The molecule has 0 unspecified atom stereocenters. The van der Waals surface area contributed by atoms with Crippen molar-refractivity contribution in [1.29, 1.82) is 0 Å². The van der Waals surface area contributed by atoms with Crippen molar-refractivity contribution in [2.24, 2.45) is 12.1 Å². The van der Waals surface area contributed by atoms with Crippen molar-refractivity contribution in [3.05, 3.63) is 52.2 Å². The lowest BCUT2D eigenvalue weighted by Gasteiger charge is -1.99. The minimum atomic E-state index is -0.208. The average Bonchev–Trinajstić information content (AvgIpc) is 3.21. The van der Waals surface area contributed by atoms with Gasteiger partial charge in [0.05, 0.1) is 16.1 Å². The van der Waals surface area contributed by atoms with E-state index in [9.17, 15) is 4.79 Å². The van der Waals surface area contributed by atoms with E-state index in [1.807, 2.05) is 49.0 Å². The van der Waals surface area contributed by atoms with E-state index in [1.165, 1.54) is 11.5 Å². The number of rotatable bonds is 2. The molecule has 1 N–H and O–H groups in total. The Balaban J connectivity index is 1.87. The van der Waals surface area contributed by atoms with Crippen LogP contribution in [0.1, 0.15) is 16.1 Å². The number of para-hydroxylation sites is 1. The molecule has 4 rings (SSSR count). The molecule has 7 heteroatoms. The van der Waals surface area contributed by atoms with E-state index < -0.39 is 0 Å². The highest BCUT2D eigenvalue weighted by molar-refractivity contribution is 7.08. The quantitative estimate of drug-likeness (QED) is 0.735. The lowest BCUT2D eigenvalue weighted by Crippen LogP contribution is -2.13. The minimum Gasteiger partial charge on any atom is -0.350 e. The van der Waals surface area contributed by atoms with Gasteiger partial charge >= 0.3 is 0 Å². The van der Waals surface area contributed by atoms with Crippen molar-refractivity contribution in [3.8, 4) is 0 Å². The van der Waals surface area contributed by atoms with Gasteiger partial charge in [-0.15, -0.1) is 5.10 Å².